The molecule has 12 heteroatoms. The monoisotopic (exact) mass is 436 g/mol. The van der Waals surface area contributed by atoms with Crippen LogP contribution in [0.1, 0.15) is 18.3 Å². The van der Waals surface area contributed by atoms with E-state index in [9.17, 15) is 16.8 Å². The normalized spacial score (nSPS) is 12.0. The molecule has 2 N–H and O–H groups in total. The zero-order valence-corrected chi connectivity index (χ0v) is 17.6. The molecule has 0 aliphatic heterocycles. The van der Waals surface area contributed by atoms with E-state index in [0.29, 0.717) is 17.9 Å². The molecule has 0 aliphatic rings. The van der Waals surface area contributed by atoms with E-state index in [1.807, 2.05) is 6.92 Å². The van der Waals surface area contributed by atoms with Gasteiger partial charge in [0.1, 0.15) is 4.90 Å². The third kappa shape index (κ3) is 4.90. The van der Waals surface area contributed by atoms with Gasteiger partial charge in [-0.15, -0.1) is 0 Å². The van der Waals surface area contributed by atoms with Gasteiger partial charge in [0, 0.05) is 29.8 Å². The molecule has 3 rings (SSSR count). The van der Waals surface area contributed by atoms with Gasteiger partial charge in [-0.05, 0) is 51.1 Å². The first-order chi connectivity index (χ1) is 13.6. The lowest BCUT2D eigenvalue weighted by molar-refractivity contribution is 0.599. The third-order valence-corrected chi connectivity index (χ3v) is 6.55. The summed E-state index contributed by atoms with van der Waals surface area (Å²) in [7, 11) is -7.75. The molecule has 0 saturated heterocycles. The molecule has 0 spiro atoms. The number of aryl methyl sites for hydroxylation is 3. The third-order valence-electron chi connectivity index (χ3n) is 3.87. The van der Waals surface area contributed by atoms with Gasteiger partial charge >= 0.3 is 0 Å². The predicted molar refractivity (Wildman–Crippen MR) is 107 cm³/mol. The van der Waals surface area contributed by atoms with Crippen LogP contribution in [0.15, 0.2) is 52.5 Å². The SMILES string of the molecule is CCn1cc(S(=O)(=O)Nc2ccc(S(=O)(=O)Nc3nc(C)cc(C)n3)cc2)cn1. The molecule has 0 saturated carbocycles. The Balaban J connectivity index is 1.78. The van der Waals surface area contributed by atoms with E-state index in [4.69, 9.17) is 0 Å². The molecule has 0 aliphatic carbocycles. The fraction of sp³-hybridized carbons (Fsp3) is 0.235. The number of anilines is 2. The fourth-order valence-corrected chi connectivity index (χ4v) is 4.48. The van der Waals surface area contributed by atoms with Crippen LogP contribution in [-0.4, -0.2) is 36.6 Å². The van der Waals surface area contributed by atoms with Crippen molar-refractivity contribution in [3.63, 3.8) is 0 Å². The quantitative estimate of drug-likeness (QED) is 0.577. The second-order valence-corrected chi connectivity index (χ2v) is 9.61. The highest BCUT2D eigenvalue weighted by Crippen LogP contribution is 2.20. The number of benzene rings is 1. The number of rotatable bonds is 7. The van der Waals surface area contributed by atoms with Gasteiger partial charge in [-0.25, -0.2) is 31.5 Å². The molecule has 10 nitrogen and oxygen atoms in total. The fourth-order valence-electron chi connectivity index (χ4n) is 2.52. The van der Waals surface area contributed by atoms with E-state index >= 15 is 0 Å². The van der Waals surface area contributed by atoms with E-state index in [1.165, 1.54) is 41.3 Å². The minimum atomic E-state index is -3.93. The smallest absolute Gasteiger partial charge is 0.265 e. The topological polar surface area (TPSA) is 136 Å². The molecule has 3 aromatic rings. The molecule has 0 fully saturated rings. The van der Waals surface area contributed by atoms with Crippen molar-refractivity contribution in [1.82, 2.24) is 19.7 Å². The van der Waals surface area contributed by atoms with Crippen molar-refractivity contribution in [2.75, 3.05) is 9.44 Å². The lowest BCUT2D eigenvalue weighted by atomic mass is 10.3. The molecule has 0 unspecified atom stereocenters. The number of nitrogens with one attached hydrogen (secondary N) is 2. The average molecular weight is 437 g/mol. The Bertz CT molecular complexity index is 1210. The molecule has 0 bridgehead atoms. The maximum atomic E-state index is 12.5. The van der Waals surface area contributed by atoms with Crippen LogP contribution in [0.4, 0.5) is 11.6 Å². The molecule has 0 radical (unpaired) electrons. The number of sulfonamides is 2. The van der Waals surface area contributed by atoms with Crippen molar-refractivity contribution in [2.24, 2.45) is 0 Å². The van der Waals surface area contributed by atoms with E-state index in [-0.39, 0.29) is 21.4 Å². The summed E-state index contributed by atoms with van der Waals surface area (Å²) in [6.07, 6.45) is 2.66. The van der Waals surface area contributed by atoms with Gasteiger partial charge in [0.25, 0.3) is 20.0 Å². The summed E-state index contributed by atoms with van der Waals surface area (Å²) in [5.41, 5.74) is 1.48. The van der Waals surface area contributed by atoms with Crippen LogP contribution in [0.25, 0.3) is 0 Å². The summed E-state index contributed by atoms with van der Waals surface area (Å²) in [4.78, 5) is 8.07. The molecule has 2 heterocycles. The zero-order valence-electron chi connectivity index (χ0n) is 16.0. The first-order valence-electron chi connectivity index (χ1n) is 8.59. The second kappa shape index (κ2) is 7.79. The highest BCUT2D eigenvalue weighted by Gasteiger charge is 2.19. The van der Waals surface area contributed by atoms with Crippen LogP contribution >= 0.6 is 0 Å². The lowest BCUT2D eigenvalue weighted by Crippen LogP contribution is -2.16. The Labute approximate surface area is 169 Å². The van der Waals surface area contributed by atoms with Crippen LogP contribution in [-0.2, 0) is 26.6 Å². The lowest BCUT2D eigenvalue weighted by Gasteiger charge is -2.10. The minimum Gasteiger partial charge on any atom is -0.280 e. The Morgan fingerprint density at radius 1 is 0.897 bits per heavy atom. The molecule has 1 aromatic carbocycles. The largest absolute Gasteiger partial charge is 0.280 e. The molecular formula is C17H20N6O4S2. The van der Waals surface area contributed by atoms with Gasteiger partial charge in [0.05, 0.1) is 11.1 Å². The van der Waals surface area contributed by atoms with E-state index in [0.717, 1.165) is 0 Å². The van der Waals surface area contributed by atoms with Crippen molar-refractivity contribution < 1.29 is 16.8 Å². The van der Waals surface area contributed by atoms with E-state index in [2.05, 4.69) is 24.5 Å². The van der Waals surface area contributed by atoms with Crippen LogP contribution in [0, 0.1) is 13.8 Å². The van der Waals surface area contributed by atoms with Gasteiger partial charge in [-0.3, -0.25) is 9.40 Å². The maximum absolute atomic E-state index is 12.5. The minimum absolute atomic E-state index is 0.0182. The summed E-state index contributed by atoms with van der Waals surface area (Å²) < 4.78 is 56.1. The van der Waals surface area contributed by atoms with Gasteiger partial charge in [0.2, 0.25) is 5.95 Å². The van der Waals surface area contributed by atoms with Gasteiger partial charge in [-0.2, -0.15) is 5.10 Å². The Morgan fingerprint density at radius 3 is 2.03 bits per heavy atom. The first-order valence-corrected chi connectivity index (χ1v) is 11.6. The van der Waals surface area contributed by atoms with Crippen molar-refractivity contribution >= 4 is 31.7 Å². The van der Waals surface area contributed by atoms with Crippen molar-refractivity contribution in [1.29, 1.82) is 0 Å². The second-order valence-electron chi connectivity index (χ2n) is 6.24. The van der Waals surface area contributed by atoms with Gasteiger partial charge < -0.3 is 0 Å². The summed E-state index contributed by atoms with van der Waals surface area (Å²) in [5.74, 6) is -0.0276. The molecular weight excluding hydrogens is 416 g/mol. The van der Waals surface area contributed by atoms with Crippen LogP contribution in [0.2, 0.25) is 0 Å². The number of hydrogen-bond donors (Lipinski definition) is 2. The van der Waals surface area contributed by atoms with Crippen molar-refractivity contribution in [3.8, 4) is 0 Å². The Kier molecular flexibility index (Phi) is 5.57. The van der Waals surface area contributed by atoms with Gasteiger partial charge in [-0.1, -0.05) is 0 Å². The summed E-state index contributed by atoms with van der Waals surface area (Å²) in [5, 5.41) is 3.94. The standard InChI is InChI=1S/C17H20N6O4S2/c1-4-23-11-16(10-18-23)29(26,27)21-14-5-7-15(8-6-14)28(24,25)22-17-19-12(2)9-13(3)20-17/h5-11,21H,4H2,1-3H3,(H,19,20,22). The Morgan fingerprint density at radius 2 is 1.48 bits per heavy atom. The predicted octanol–water partition coefficient (Wildman–Crippen LogP) is 1.91. The zero-order chi connectivity index (χ0) is 21.2. The van der Waals surface area contributed by atoms with Gasteiger partial charge in [0.15, 0.2) is 0 Å². The molecule has 154 valence electrons. The Hall–Kier alpha value is -2.99. The molecule has 0 atom stereocenters. The molecule has 2 aromatic heterocycles. The highest BCUT2D eigenvalue weighted by molar-refractivity contribution is 7.93. The highest BCUT2D eigenvalue weighted by atomic mass is 32.2. The first kappa shape index (κ1) is 20.7. The number of hydrogen-bond acceptors (Lipinski definition) is 7. The summed E-state index contributed by atoms with van der Waals surface area (Å²) >= 11 is 0. The van der Waals surface area contributed by atoms with Crippen LogP contribution < -0.4 is 9.44 Å². The molecule has 0 amide bonds. The van der Waals surface area contributed by atoms with E-state index in [1.54, 1.807) is 19.9 Å². The summed E-state index contributed by atoms with van der Waals surface area (Å²) in [6, 6.07) is 7.02. The summed E-state index contributed by atoms with van der Waals surface area (Å²) in [6.45, 7) is 5.85. The number of aromatic nitrogens is 4. The average Bonchev–Trinajstić information content (AvgIpc) is 3.11. The molecule has 29 heavy (non-hydrogen) atoms. The van der Waals surface area contributed by atoms with Crippen molar-refractivity contribution in [3.05, 3.63) is 54.1 Å². The number of nitrogens with zero attached hydrogens (tertiary/aromatic N) is 4. The van der Waals surface area contributed by atoms with Crippen LogP contribution in [0.5, 0.6) is 0 Å². The van der Waals surface area contributed by atoms with E-state index < -0.39 is 20.0 Å². The maximum Gasteiger partial charge on any atom is 0.265 e. The van der Waals surface area contributed by atoms with Crippen molar-refractivity contribution in [2.45, 2.75) is 37.1 Å². The van der Waals surface area contributed by atoms with Crippen LogP contribution in [0.3, 0.4) is 0 Å².